The number of piperidine rings is 1. The predicted molar refractivity (Wildman–Crippen MR) is 106 cm³/mol. The minimum Gasteiger partial charge on any atom is -0.355 e. The number of fused-ring (bicyclic) bond motifs is 1. The third-order valence-corrected chi connectivity index (χ3v) is 5.34. The Morgan fingerprint density at radius 3 is 2.75 bits per heavy atom. The Bertz CT molecular complexity index is 918. The van der Waals surface area contributed by atoms with Crippen LogP contribution in [0.4, 0.5) is 5.82 Å². The van der Waals surface area contributed by atoms with E-state index in [1.807, 2.05) is 18.2 Å². The number of aromatic nitrogens is 5. The molecule has 146 valence electrons. The molecule has 1 amide bonds. The molecule has 28 heavy (non-hydrogen) atoms. The fraction of sp³-hybridized carbons (Fsp3) is 0.450. The van der Waals surface area contributed by atoms with Crippen LogP contribution in [-0.2, 0) is 11.2 Å². The SMILES string of the molecule is C[C@H](CCc1ccccc1)NC(=O)C1CCN(c2ccc3nnnn3n2)CC1. The summed E-state index contributed by atoms with van der Waals surface area (Å²) in [5, 5.41) is 19.0. The molecule has 1 aliphatic heterocycles. The van der Waals surface area contributed by atoms with E-state index in [-0.39, 0.29) is 17.9 Å². The molecule has 3 heterocycles. The van der Waals surface area contributed by atoms with Gasteiger partial charge in [-0.1, -0.05) is 30.3 Å². The quantitative estimate of drug-likeness (QED) is 0.703. The molecular weight excluding hydrogens is 354 g/mol. The number of rotatable bonds is 6. The molecule has 0 aliphatic carbocycles. The number of carbonyl (C=O) groups is 1. The zero-order chi connectivity index (χ0) is 19.3. The van der Waals surface area contributed by atoms with Gasteiger partial charge in [0.25, 0.3) is 0 Å². The first-order valence-electron chi connectivity index (χ1n) is 9.84. The van der Waals surface area contributed by atoms with Gasteiger partial charge in [-0.2, -0.15) is 0 Å². The van der Waals surface area contributed by atoms with Gasteiger partial charge in [0, 0.05) is 25.0 Å². The molecule has 0 radical (unpaired) electrons. The number of anilines is 1. The van der Waals surface area contributed by atoms with Crippen molar-refractivity contribution in [1.29, 1.82) is 0 Å². The molecule has 0 spiro atoms. The molecule has 0 bridgehead atoms. The van der Waals surface area contributed by atoms with Crippen LogP contribution < -0.4 is 10.2 Å². The highest BCUT2D eigenvalue weighted by molar-refractivity contribution is 5.79. The Morgan fingerprint density at radius 1 is 1.18 bits per heavy atom. The average Bonchev–Trinajstić information content (AvgIpc) is 3.21. The van der Waals surface area contributed by atoms with Crippen molar-refractivity contribution in [1.82, 2.24) is 30.6 Å². The molecule has 1 aromatic carbocycles. The lowest BCUT2D eigenvalue weighted by Gasteiger charge is -2.32. The highest BCUT2D eigenvalue weighted by atomic mass is 16.1. The second-order valence-corrected chi connectivity index (χ2v) is 7.41. The Hall–Kier alpha value is -3.03. The monoisotopic (exact) mass is 379 g/mol. The largest absolute Gasteiger partial charge is 0.355 e. The van der Waals surface area contributed by atoms with Gasteiger partial charge >= 0.3 is 0 Å². The number of benzene rings is 1. The maximum absolute atomic E-state index is 12.6. The van der Waals surface area contributed by atoms with Gasteiger partial charge in [0.05, 0.1) is 0 Å². The Kier molecular flexibility index (Phi) is 5.45. The van der Waals surface area contributed by atoms with Crippen LogP contribution in [0.3, 0.4) is 0 Å². The molecule has 2 aromatic heterocycles. The molecule has 1 aliphatic rings. The number of nitrogens with zero attached hydrogens (tertiary/aromatic N) is 6. The molecule has 1 saturated heterocycles. The van der Waals surface area contributed by atoms with E-state index in [1.54, 1.807) is 0 Å². The van der Waals surface area contributed by atoms with Crippen molar-refractivity contribution >= 4 is 17.4 Å². The Labute approximate surface area is 163 Å². The van der Waals surface area contributed by atoms with Crippen molar-refractivity contribution in [2.45, 2.75) is 38.6 Å². The summed E-state index contributed by atoms with van der Waals surface area (Å²) >= 11 is 0. The number of tetrazole rings is 1. The highest BCUT2D eigenvalue weighted by Crippen LogP contribution is 2.22. The van der Waals surface area contributed by atoms with Crippen molar-refractivity contribution in [3.8, 4) is 0 Å². The third-order valence-electron chi connectivity index (χ3n) is 5.34. The van der Waals surface area contributed by atoms with E-state index in [4.69, 9.17) is 0 Å². The topological polar surface area (TPSA) is 88.3 Å². The maximum Gasteiger partial charge on any atom is 0.223 e. The smallest absolute Gasteiger partial charge is 0.223 e. The van der Waals surface area contributed by atoms with Gasteiger partial charge in [-0.15, -0.1) is 14.8 Å². The number of nitrogens with one attached hydrogen (secondary N) is 1. The molecule has 1 fully saturated rings. The lowest BCUT2D eigenvalue weighted by molar-refractivity contribution is -0.126. The molecule has 0 saturated carbocycles. The van der Waals surface area contributed by atoms with E-state index in [2.05, 4.69) is 62.0 Å². The highest BCUT2D eigenvalue weighted by Gasteiger charge is 2.26. The second-order valence-electron chi connectivity index (χ2n) is 7.41. The van der Waals surface area contributed by atoms with E-state index in [0.29, 0.717) is 5.65 Å². The maximum atomic E-state index is 12.6. The summed E-state index contributed by atoms with van der Waals surface area (Å²) < 4.78 is 1.43. The number of carbonyl (C=O) groups excluding carboxylic acids is 1. The van der Waals surface area contributed by atoms with Crippen LogP contribution in [0.25, 0.3) is 5.65 Å². The number of hydrogen-bond donors (Lipinski definition) is 1. The summed E-state index contributed by atoms with van der Waals surface area (Å²) in [5.41, 5.74) is 1.94. The lowest BCUT2D eigenvalue weighted by Crippen LogP contribution is -2.43. The van der Waals surface area contributed by atoms with Gasteiger partial charge in [0.2, 0.25) is 5.91 Å². The van der Waals surface area contributed by atoms with Crippen LogP contribution in [0, 0.1) is 5.92 Å². The molecule has 0 unspecified atom stereocenters. The standard InChI is InChI=1S/C20H25N7O/c1-15(7-8-16-5-3-2-4-6-16)21-20(28)17-11-13-26(14-12-17)19-10-9-18-22-24-25-27(18)23-19/h2-6,9-10,15,17H,7-8,11-14H2,1H3,(H,21,28)/t15-/m1/s1. The van der Waals surface area contributed by atoms with Crippen LogP contribution in [-0.4, -0.2) is 50.3 Å². The summed E-state index contributed by atoms with van der Waals surface area (Å²) in [6.45, 7) is 3.69. The molecule has 1 atom stereocenters. The molecule has 8 heteroatoms. The Morgan fingerprint density at radius 2 is 1.96 bits per heavy atom. The normalized spacial score (nSPS) is 16.2. The van der Waals surface area contributed by atoms with Crippen molar-refractivity contribution in [2.75, 3.05) is 18.0 Å². The number of hydrogen-bond acceptors (Lipinski definition) is 6. The predicted octanol–water partition coefficient (Wildman–Crippen LogP) is 1.87. The van der Waals surface area contributed by atoms with Crippen molar-refractivity contribution in [3.63, 3.8) is 0 Å². The fourth-order valence-electron chi connectivity index (χ4n) is 3.64. The summed E-state index contributed by atoms with van der Waals surface area (Å²) in [6, 6.07) is 14.4. The first kappa shape index (κ1) is 18.3. The van der Waals surface area contributed by atoms with Crippen LogP contribution in [0.15, 0.2) is 42.5 Å². The van der Waals surface area contributed by atoms with Gasteiger partial charge in [-0.25, -0.2) is 0 Å². The van der Waals surface area contributed by atoms with E-state index < -0.39 is 0 Å². The minimum atomic E-state index is 0.0622. The minimum absolute atomic E-state index is 0.0622. The van der Waals surface area contributed by atoms with Crippen LogP contribution in [0.1, 0.15) is 31.7 Å². The number of amides is 1. The Balaban J connectivity index is 1.25. The lowest BCUT2D eigenvalue weighted by atomic mass is 9.95. The average molecular weight is 379 g/mol. The molecule has 3 aromatic rings. The molecular formula is C20H25N7O. The first-order chi connectivity index (χ1) is 13.7. The van der Waals surface area contributed by atoms with Gasteiger partial charge in [0.15, 0.2) is 11.5 Å². The third kappa shape index (κ3) is 4.27. The number of aryl methyl sites for hydroxylation is 1. The van der Waals surface area contributed by atoms with E-state index in [0.717, 1.165) is 44.6 Å². The first-order valence-corrected chi connectivity index (χ1v) is 9.84. The molecule has 1 N–H and O–H groups in total. The van der Waals surface area contributed by atoms with E-state index in [1.165, 1.54) is 10.2 Å². The second kappa shape index (κ2) is 8.33. The summed E-state index contributed by atoms with van der Waals surface area (Å²) in [7, 11) is 0. The van der Waals surface area contributed by atoms with Gasteiger partial charge in [0.1, 0.15) is 0 Å². The van der Waals surface area contributed by atoms with Crippen LogP contribution in [0.2, 0.25) is 0 Å². The van der Waals surface area contributed by atoms with Crippen molar-refractivity contribution in [2.24, 2.45) is 5.92 Å². The van der Waals surface area contributed by atoms with Crippen LogP contribution in [0.5, 0.6) is 0 Å². The summed E-state index contributed by atoms with van der Waals surface area (Å²) in [6.07, 6.45) is 3.58. The fourth-order valence-corrected chi connectivity index (χ4v) is 3.64. The van der Waals surface area contributed by atoms with E-state index in [9.17, 15) is 4.79 Å². The zero-order valence-corrected chi connectivity index (χ0v) is 16.0. The molecule has 4 rings (SSSR count). The van der Waals surface area contributed by atoms with Crippen molar-refractivity contribution in [3.05, 3.63) is 48.0 Å². The van der Waals surface area contributed by atoms with E-state index >= 15 is 0 Å². The summed E-state index contributed by atoms with van der Waals surface area (Å²) in [4.78, 5) is 14.8. The zero-order valence-electron chi connectivity index (χ0n) is 16.0. The van der Waals surface area contributed by atoms with Crippen molar-refractivity contribution < 1.29 is 4.79 Å². The molecule has 8 nitrogen and oxygen atoms in total. The summed E-state index contributed by atoms with van der Waals surface area (Å²) in [5.74, 6) is 1.08. The van der Waals surface area contributed by atoms with Gasteiger partial charge in [-0.05, 0) is 60.7 Å². The van der Waals surface area contributed by atoms with Gasteiger partial charge in [-0.3, -0.25) is 4.79 Å². The van der Waals surface area contributed by atoms with Crippen LogP contribution >= 0.6 is 0 Å². The van der Waals surface area contributed by atoms with Gasteiger partial charge < -0.3 is 10.2 Å².